The molecule has 1 heterocycles. The number of H-pyrrole nitrogens is 1. The highest BCUT2D eigenvalue weighted by atomic mass is 32.2. The Morgan fingerprint density at radius 3 is 2.25 bits per heavy atom. The smallest absolute Gasteiger partial charge is 0.335 e. The maximum absolute atomic E-state index is 12.3. The van der Waals surface area contributed by atoms with Crippen molar-refractivity contribution in [1.29, 1.82) is 0 Å². The van der Waals surface area contributed by atoms with E-state index in [1.807, 2.05) is 0 Å². The summed E-state index contributed by atoms with van der Waals surface area (Å²) < 4.78 is 27.0. The second kappa shape index (κ2) is 6.08. The Kier molecular flexibility index (Phi) is 3.96. The zero-order valence-electron chi connectivity index (χ0n) is 12.0. The number of benzene rings is 2. The molecule has 3 aromatic rings. The van der Waals surface area contributed by atoms with Crippen molar-refractivity contribution < 1.29 is 18.3 Å². The van der Waals surface area contributed by atoms with E-state index in [4.69, 9.17) is 5.11 Å². The number of hydrogen-bond acceptors (Lipinski definition) is 6. The van der Waals surface area contributed by atoms with Crippen molar-refractivity contribution in [3.05, 3.63) is 54.1 Å². The lowest BCUT2D eigenvalue weighted by atomic mass is 10.2. The van der Waals surface area contributed by atoms with Crippen LogP contribution in [0.3, 0.4) is 0 Å². The molecule has 9 nitrogen and oxygen atoms in total. The number of carboxylic acid groups (broad SMARTS) is 1. The Balaban J connectivity index is 1.80. The molecule has 0 aliphatic heterocycles. The Morgan fingerprint density at radius 1 is 1.04 bits per heavy atom. The van der Waals surface area contributed by atoms with Gasteiger partial charge in [0, 0.05) is 11.3 Å². The molecule has 0 atom stereocenters. The standard InChI is InChI=1S/C14H11N5O4S/c20-14(21)10-3-7-12(8-4-10)24(22,23)17-11-5-1-9(2-6-11)13-15-18-19-16-13/h1-8,17H,(H,20,21)(H,15,16,18,19). The number of hydrogen-bond donors (Lipinski definition) is 3. The fourth-order valence-electron chi connectivity index (χ4n) is 1.96. The van der Waals surface area contributed by atoms with Crippen molar-refractivity contribution in [2.45, 2.75) is 4.90 Å². The van der Waals surface area contributed by atoms with Gasteiger partial charge in [0.1, 0.15) is 0 Å². The van der Waals surface area contributed by atoms with Gasteiger partial charge < -0.3 is 5.11 Å². The molecule has 1 aromatic heterocycles. The van der Waals surface area contributed by atoms with Crippen molar-refractivity contribution in [3.8, 4) is 11.4 Å². The SMILES string of the molecule is O=C(O)c1ccc(S(=O)(=O)Nc2ccc(-c3nn[nH]n3)cc2)cc1. The van der Waals surface area contributed by atoms with Crippen LogP contribution in [0, 0.1) is 0 Å². The van der Waals surface area contributed by atoms with Gasteiger partial charge in [0.25, 0.3) is 10.0 Å². The first-order valence-electron chi connectivity index (χ1n) is 6.66. The van der Waals surface area contributed by atoms with Crippen LogP contribution in [0.5, 0.6) is 0 Å². The van der Waals surface area contributed by atoms with Crippen LogP contribution in [0.15, 0.2) is 53.4 Å². The molecule has 24 heavy (non-hydrogen) atoms. The molecule has 0 radical (unpaired) electrons. The van der Waals surface area contributed by atoms with Crippen molar-refractivity contribution >= 4 is 21.7 Å². The van der Waals surface area contributed by atoms with Crippen LogP contribution in [0.2, 0.25) is 0 Å². The third-order valence-electron chi connectivity index (χ3n) is 3.15. The fourth-order valence-corrected chi connectivity index (χ4v) is 3.02. The number of carbonyl (C=O) groups is 1. The maximum atomic E-state index is 12.3. The van der Waals surface area contributed by atoms with Crippen LogP contribution < -0.4 is 4.72 Å². The van der Waals surface area contributed by atoms with Crippen LogP contribution >= 0.6 is 0 Å². The van der Waals surface area contributed by atoms with Gasteiger partial charge in [0.2, 0.25) is 5.82 Å². The molecule has 0 fully saturated rings. The lowest BCUT2D eigenvalue weighted by Crippen LogP contribution is -2.13. The predicted molar refractivity (Wildman–Crippen MR) is 83.8 cm³/mol. The van der Waals surface area contributed by atoms with Crippen LogP contribution in [0.25, 0.3) is 11.4 Å². The largest absolute Gasteiger partial charge is 0.478 e. The molecule has 0 aliphatic rings. The first kappa shape index (κ1) is 15.6. The molecule has 0 unspecified atom stereocenters. The van der Waals surface area contributed by atoms with E-state index in [1.54, 1.807) is 24.3 Å². The topological polar surface area (TPSA) is 138 Å². The van der Waals surface area contributed by atoms with E-state index in [2.05, 4.69) is 25.3 Å². The van der Waals surface area contributed by atoms with E-state index in [1.165, 1.54) is 24.3 Å². The first-order chi connectivity index (χ1) is 11.5. The van der Waals surface area contributed by atoms with Gasteiger partial charge in [-0.3, -0.25) is 4.72 Å². The number of nitrogens with zero attached hydrogens (tertiary/aromatic N) is 3. The maximum Gasteiger partial charge on any atom is 0.335 e. The second-order valence-corrected chi connectivity index (χ2v) is 6.43. The molecule has 2 aromatic carbocycles. The van der Waals surface area contributed by atoms with Crippen molar-refractivity contribution in [2.24, 2.45) is 0 Å². The highest BCUT2D eigenvalue weighted by Gasteiger charge is 2.15. The number of aromatic carboxylic acids is 1. The van der Waals surface area contributed by atoms with Gasteiger partial charge in [-0.25, -0.2) is 13.2 Å². The first-order valence-corrected chi connectivity index (χ1v) is 8.14. The predicted octanol–water partition coefficient (Wildman–Crippen LogP) is 1.37. The van der Waals surface area contributed by atoms with Crippen LogP contribution in [-0.4, -0.2) is 40.1 Å². The summed E-state index contributed by atoms with van der Waals surface area (Å²) in [7, 11) is -3.82. The fraction of sp³-hybridized carbons (Fsp3) is 0. The summed E-state index contributed by atoms with van der Waals surface area (Å²) in [4.78, 5) is 10.8. The number of nitrogens with one attached hydrogen (secondary N) is 2. The van der Waals surface area contributed by atoms with Crippen molar-refractivity contribution in [1.82, 2.24) is 20.6 Å². The third kappa shape index (κ3) is 3.22. The average molecular weight is 345 g/mol. The number of anilines is 1. The Hall–Kier alpha value is -3.27. The Morgan fingerprint density at radius 2 is 1.71 bits per heavy atom. The van der Waals surface area contributed by atoms with E-state index >= 15 is 0 Å². The molecule has 3 N–H and O–H groups in total. The van der Waals surface area contributed by atoms with E-state index in [-0.39, 0.29) is 10.5 Å². The minimum absolute atomic E-state index is 0.0124. The number of aromatic amines is 1. The summed E-state index contributed by atoms with van der Waals surface area (Å²) in [5.74, 6) is -0.724. The number of tetrazole rings is 1. The minimum atomic E-state index is -3.82. The molecule has 0 amide bonds. The van der Waals surface area contributed by atoms with Crippen molar-refractivity contribution in [3.63, 3.8) is 0 Å². The van der Waals surface area contributed by atoms with Gasteiger partial charge in [-0.1, -0.05) is 0 Å². The highest BCUT2D eigenvalue weighted by molar-refractivity contribution is 7.92. The molecule has 0 aliphatic carbocycles. The zero-order chi connectivity index (χ0) is 17.2. The lowest BCUT2D eigenvalue weighted by Gasteiger charge is -2.08. The summed E-state index contributed by atoms with van der Waals surface area (Å²) in [6.45, 7) is 0. The molecule has 0 bridgehead atoms. The van der Waals surface area contributed by atoms with Gasteiger partial charge in [-0.2, -0.15) is 5.21 Å². The second-order valence-electron chi connectivity index (χ2n) is 4.75. The van der Waals surface area contributed by atoms with Crippen LogP contribution in [0.4, 0.5) is 5.69 Å². The lowest BCUT2D eigenvalue weighted by molar-refractivity contribution is 0.0696. The monoisotopic (exact) mass is 345 g/mol. The summed E-state index contributed by atoms with van der Waals surface area (Å²) >= 11 is 0. The average Bonchev–Trinajstić information content (AvgIpc) is 3.10. The summed E-state index contributed by atoms with van der Waals surface area (Å²) in [6.07, 6.45) is 0. The number of carboxylic acids is 1. The number of aromatic nitrogens is 4. The Bertz CT molecular complexity index is 951. The zero-order valence-corrected chi connectivity index (χ0v) is 12.9. The van der Waals surface area contributed by atoms with E-state index in [9.17, 15) is 13.2 Å². The number of sulfonamides is 1. The van der Waals surface area contributed by atoms with E-state index in [0.717, 1.165) is 0 Å². The van der Waals surface area contributed by atoms with Crippen LogP contribution in [-0.2, 0) is 10.0 Å². The van der Waals surface area contributed by atoms with E-state index in [0.29, 0.717) is 17.1 Å². The molecule has 122 valence electrons. The third-order valence-corrected chi connectivity index (χ3v) is 4.55. The molecule has 0 saturated carbocycles. The highest BCUT2D eigenvalue weighted by Crippen LogP contribution is 2.20. The molecule has 0 spiro atoms. The van der Waals surface area contributed by atoms with Gasteiger partial charge in [0.05, 0.1) is 10.5 Å². The normalized spacial score (nSPS) is 11.2. The van der Waals surface area contributed by atoms with Crippen molar-refractivity contribution in [2.75, 3.05) is 4.72 Å². The summed E-state index contributed by atoms with van der Waals surface area (Å²) in [5, 5.41) is 22.3. The van der Waals surface area contributed by atoms with E-state index < -0.39 is 16.0 Å². The van der Waals surface area contributed by atoms with Gasteiger partial charge in [0.15, 0.2) is 0 Å². The minimum Gasteiger partial charge on any atom is -0.478 e. The molecular weight excluding hydrogens is 334 g/mol. The summed E-state index contributed by atoms with van der Waals surface area (Å²) in [5.41, 5.74) is 1.04. The van der Waals surface area contributed by atoms with Crippen LogP contribution in [0.1, 0.15) is 10.4 Å². The van der Waals surface area contributed by atoms with Gasteiger partial charge in [-0.05, 0) is 53.7 Å². The molecule has 0 saturated heterocycles. The van der Waals surface area contributed by atoms with Gasteiger partial charge in [-0.15, -0.1) is 10.2 Å². The molecule has 10 heteroatoms. The molecular formula is C14H11N5O4S. The quantitative estimate of drug-likeness (QED) is 0.634. The number of rotatable bonds is 5. The molecule has 3 rings (SSSR count). The summed E-state index contributed by atoms with van der Waals surface area (Å²) in [6, 6.07) is 11.4. The Labute approximate surface area is 136 Å². The van der Waals surface area contributed by atoms with Gasteiger partial charge >= 0.3 is 5.97 Å².